The number of rotatable bonds is 3. The second-order valence-corrected chi connectivity index (χ2v) is 5.57. The van der Waals surface area contributed by atoms with E-state index in [1.807, 2.05) is 0 Å². The van der Waals surface area contributed by atoms with Gasteiger partial charge in [-0.05, 0) is 30.5 Å². The molecule has 0 amide bonds. The van der Waals surface area contributed by atoms with Gasteiger partial charge in [-0.25, -0.2) is 9.37 Å². The second-order valence-electron chi connectivity index (χ2n) is 4.32. The molecule has 0 saturated heterocycles. The Hall–Kier alpha value is -1.20. The molecule has 18 heavy (non-hydrogen) atoms. The van der Waals surface area contributed by atoms with Crippen LogP contribution in [0.15, 0.2) is 17.6 Å². The van der Waals surface area contributed by atoms with Gasteiger partial charge < -0.3 is 4.74 Å². The predicted octanol–water partition coefficient (Wildman–Crippen LogP) is 3.36. The van der Waals surface area contributed by atoms with Gasteiger partial charge in [0.2, 0.25) is 5.24 Å². The third-order valence-electron chi connectivity index (χ3n) is 3.08. The van der Waals surface area contributed by atoms with Gasteiger partial charge in [-0.15, -0.1) is 11.3 Å². The molecule has 3 rings (SSSR count). The van der Waals surface area contributed by atoms with E-state index in [2.05, 4.69) is 4.98 Å². The third kappa shape index (κ3) is 2.08. The highest BCUT2D eigenvalue weighted by Crippen LogP contribution is 2.36. The Kier molecular flexibility index (Phi) is 2.95. The average Bonchev–Trinajstić information content (AvgIpc) is 2.69. The minimum atomic E-state index is -0.342. The topological polar surface area (TPSA) is 39.2 Å². The SMILES string of the molecule is O=C(Cl)C1CC(Oc2cc(F)cc3scnc23)C1. The number of fused-ring (bicyclic) bond motifs is 1. The maximum absolute atomic E-state index is 13.4. The summed E-state index contributed by atoms with van der Waals surface area (Å²) in [6.07, 6.45) is 1.10. The van der Waals surface area contributed by atoms with Crippen LogP contribution in [-0.4, -0.2) is 16.3 Å². The predicted molar refractivity (Wildman–Crippen MR) is 67.6 cm³/mol. The van der Waals surface area contributed by atoms with Gasteiger partial charge in [0.05, 0.1) is 10.2 Å². The summed E-state index contributed by atoms with van der Waals surface area (Å²) in [5.41, 5.74) is 2.32. The van der Waals surface area contributed by atoms with Crippen molar-refractivity contribution >= 4 is 38.4 Å². The largest absolute Gasteiger partial charge is 0.488 e. The molecule has 1 aliphatic carbocycles. The summed E-state index contributed by atoms with van der Waals surface area (Å²) >= 11 is 6.75. The van der Waals surface area contributed by atoms with E-state index in [0.717, 1.165) is 4.70 Å². The number of hydrogen-bond acceptors (Lipinski definition) is 4. The first kappa shape index (κ1) is 11.9. The number of thiazole rings is 1. The Morgan fingerprint density at radius 1 is 1.50 bits per heavy atom. The zero-order valence-corrected chi connectivity index (χ0v) is 10.8. The molecule has 3 nitrogen and oxygen atoms in total. The van der Waals surface area contributed by atoms with Gasteiger partial charge >= 0.3 is 0 Å². The smallest absolute Gasteiger partial charge is 0.225 e. The Labute approximate surface area is 112 Å². The van der Waals surface area contributed by atoms with E-state index in [0.29, 0.717) is 24.1 Å². The maximum Gasteiger partial charge on any atom is 0.225 e. The zero-order valence-electron chi connectivity index (χ0n) is 9.23. The van der Waals surface area contributed by atoms with Gasteiger partial charge in [-0.1, -0.05) is 0 Å². The molecule has 1 saturated carbocycles. The van der Waals surface area contributed by atoms with Gasteiger partial charge in [0.1, 0.15) is 23.2 Å². The first-order chi connectivity index (χ1) is 8.63. The molecule has 1 heterocycles. The molecule has 94 valence electrons. The van der Waals surface area contributed by atoms with Crippen molar-refractivity contribution in [1.29, 1.82) is 0 Å². The number of carbonyl (C=O) groups is 1. The molecule has 0 bridgehead atoms. The fourth-order valence-electron chi connectivity index (χ4n) is 2.02. The lowest BCUT2D eigenvalue weighted by atomic mass is 9.83. The van der Waals surface area contributed by atoms with E-state index in [4.69, 9.17) is 16.3 Å². The number of ether oxygens (including phenoxy) is 1. The summed E-state index contributed by atoms with van der Waals surface area (Å²) in [5.74, 6) is -0.0288. The molecule has 1 aliphatic rings. The van der Waals surface area contributed by atoms with E-state index >= 15 is 0 Å². The van der Waals surface area contributed by atoms with Crippen LogP contribution in [0.5, 0.6) is 5.75 Å². The highest BCUT2D eigenvalue weighted by Gasteiger charge is 2.35. The lowest BCUT2D eigenvalue weighted by Gasteiger charge is -2.32. The first-order valence-electron chi connectivity index (χ1n) is 5.52. The van der Waals surface area contributed by atoms with Crippen LogP contribution in [0.2, 0.25) is 0 Å². The number of halogens is 2. The summed E-state index contributed by atoms with van der Waals surface area (Å²) in [6, 6.07) is 2.77. The van der Waals surface area contributed by atoms with E-state index in [1.165, 1.54) is 23.5 Å². The zero-order chi connectivity index (χ0) is 12.7. The Morgan fingerprint density at radius 3 is 3.00 bits per heavy atom. The molecule has 0 N–H and O–H groups in total. The summed E-state index contributed by atoms with van der Waals surface area (Å²) in [4.78, 5) is 15.0. The normalized spacial score (nSPS) is 22.8. The van der Waals surface area contributed by atoms with E-state index in [-0.39, 0.29) is 23.1 Å². The summed E-state index contributed by atoms with van der Waals surface area (Å²) in [6.45, 7) is 0. The summed E-state index contributed by atoms with van der Waals surface area (Å²) in [5, 5.41) is -0.326. The van der Waals surface area contributed by atoms with Crippen LogP contribution in [0.25, 0.3) is 10.2 Å². The van der Waals surface area contributed by atoms with Crippen molar-refractivity contribution in [2.24, 2.45) is 5.92 Å². The van der Waals surface area contributed by atoms with Crippen LogP contribution in [0, 0.1) is 11.7 Å². The lowest BCUT2D eigenvalue weighted by molar-refractivity contribution is -0.120. The third-order valence-corrected chi connectivity index (χ3v) is 4.16. The number of aromatic nitrogens is 1. The molecule has 0 atom stereocenters. The summed E-state index contributed by atoms with van der Waals surface area (Å²) < 4.78 is 19.8. The van der Waals surface area contributed by atoms with Crippen LogP contribution in [0.3, 0.4) is 0 Å². The van der Waals surface area contributed by atoms with Gasteiger partial charge in [0.25, 0.3) is 0 Å². The fraction of sp³-hybridized carbons (Fsp3) is 0.333. The van der Waals surface area contributed by atoms with Crippen LogP contribution in [0.1, 0.15) is 12.8 Å². The number of hydrogen-bond donors (Lipinski definition) is 0. The average molecular weight is 286 g/mol. The standard InChI is InChI=1S/C12H9ClFNO2S/c13-12(16)6-1-8(2-6)17-9-3-7(14)4-10-11(9)15-5-18-10/h3-6,8H,1-2H2. The highest BCUT2D eigenvalue weighted by atomic mass is 35.5. The second kappa shape index (κ2) is 4.48. The molecule has 1 aromatic carbocycles. The van der Waals surface area contributed by atoms with Crippen molar-refractivity contribution in [3.8, 4) is 5.75 Å². The van der Waals surface area contributed by atoms with Crippen molar-refractivity contribution in [2.75, 3.05) is 0 Å². The molecule has 0 aliphatic heterocycles. The first-order valence-corrected chi connectivity index (χ1v) is 6.78. The quantitative estimate of drug-likeness (QED) is 0.812. The van der Waals surface area contributed by atoms with Crippen LogP contribution in [0.4, 0.5) is 4.39 Å². The Bertz CT molecular complexity index is 609. The van der Waals surface area contributed by atoms with Gasteiger partial charge in [0, 0.05) is 12.0 Å². The monoisotopic (exact) mass is 285 g/mol. The number of benzene rings is 1. The lowest BCUT2D eigenvalue weighted by Crippen LogP contribution is -2.36. The van der Waals surface area contributed by atoms with E-state index in [1.54, 1.807) is 5.51 Å². The van der Waals surface area contributed by atoms with E-state index in [9.17, 15) is 9.18 Å². The molecule has 2 aromatic rings. The van der Waals surface area contributed by atoms with Crippen LogP contribution in [-0.2, 0) is 4.79 Å². The van der Waals surface area contributed by atoms with Gasteiger partial charge in [0.15, 0.2) is 0 Å². The van der Waals surface area contributed by atoms with Crippen molar-refractivity contribution in [1.82, 2.24) is 4.98 Å². The Morgan fingerprint density at radius 2 is 2.28 bits per heavy atom. The van der Waals surface area contributed by atoms with Crippen molar-refractivity contribution < 1.29 is 13.9 Å². The molecule has 0 radical (unpaired) electrons. The molecule has 0 spiro atoms. The van der Waals surface area contributed by atoms with Crippen LogP contribution >= 0.6 is 22.9 Å². The van der Waals surface area contributed by atoms with Crippen molar-refractivity contribution in [2.45, 2.75) is 18.9 Å². The molecule has 1 fully saturated rings. The fourth-order valence-corrected chi connectivity index (χ4v) is 2.92. The molecule has 0 unspecified atom stereocenters. The number of carbonyl (C=O) groups excluding carboxylic acids is 1. The maximum atomic E-state index is 13.4. The molecule has 1 aromatic heterocycles. The van der Waals surface area contributed by atoms with Crippen molar-refractivity contribution in [3.05, 3.63) is 23.5 Å². The van der Waals surface area contributed by atoms with Gasteiger partial charge in [-0.3, -0.25) is 4.79 Å². The highest BCUT2D eigenvalue weighted by molar-refractivity contribution is 7.16. The minimum Gasteiger partial charge on any atom is -0.488 e. The molecular weight excluding hydrogens is 277 g/mol. The minimum absolute atomic E-state index is 0.0793. The Balaban J connectivity index is 1.79. The van der Waals surface area contributed by atoms with Crippen molar-refractivity contribution in [3.63, 3.8) is 0 Å². The van der Waals surface area contributed by atoms with Crippen LogP contribution < -0.4 is 4.74 Å². The molecule has 6 heteroatoms. The number of nitrogens with zero attached hydrogens (tertiary/aromatic N) is 1. The van der Waals surface area contributed by atoms with E-state index < -0.39 is 0 Å². The summed E-state index contributed by atoms with van der Waals surface area (Å²) in [7, 11) is 0. The molecular formula is C12H9ClFNO2S. The van der Waals surface area contributed by atoms with Gasteiger partial charge in [-0.2, -0.15) is 0 Å².